The van der Waals surface area contributed by atoms with Gasteiger partial charge in [-0.05, 0) is 37.8 Å². The Morgan fingerprint density at radius 3 is 2.68 bits per heavy atom. The minimum atomic E-state index is 0.453. The minimum absolute atomic E-state index is 0.453. The number of benzene rings is 1. The zero-order chi connectivity index (χ0) is 17.1. The predicted octanol–water partition coefficient (Wildman–Crippen LogP) is 2.81. The van der Waals surface area contributed by atoms with Crippen LogP contribution < -0.4 is 10.6 Å². The number of rotatable bonds is 3. The second kappa shape index (κ2) is 7.34. The lowest BCUT2D eigenvalue weighted by molar-refractivity contribution is 0.135. The van der Waals surface area contributed by atoms with E-state index in [0.717, 1.165) is 35.9 Å². The molecule has 4 rings (SSSR count). The molecule has 2 N–H and O–H groups in total. The molecular formula is C19H24N6. The van der Waals surface area contributed by atoms with Gasteiger partial charge in [0.15, 0.2) is 5.69 Å². The quantitative estimate of drug-likeness (QED) is 0.844. The van der Waals surface area contributed by atoms with E-state index in [-0.39, 0.29) is 0 Å². The second-order valence-electron chi connectivity index (χ2n) is 6.97. The van der Waals surface area contributed by atoms with Gasteiger partial charge in [-0.15, -0.1) is 0 Å². The van der Waals surface area contributed by atoms with E-state index >= 15 is 0 Å². The highest BCUT2D eigenvalue weighted by Gasteiger charge is 2.26. The first-order valence-electron chi connectivity index (χ1n) is 9.17. The van der Waals surface area contributed by atoms with Crippen LogP contribution in [0.25, 0.3) is 15.7 Å². The first-order chi connectivity index (χ1) is 12.3. The van der Waals surface area contributed by atoms with Gasteiger partial charge in [0, 0.05) is 43.6 Å². The Balaban J connectivity index is 1.43. The third kappa shape index (κ3) is 3.58. The van der Waals surface area contributed by atoms with Gasteiger partial charge >= 0.3 is 0 Å². The molecule has 0 amide bonds. The van der Waals surface area contributed by atoms with Crippen molar-refractivity contribution in [2.75, 3.05) is 31.5 Å². The average molecular weight is 336 g/mol. The molecule has 25 heavy (non-hydrogen) atoms. The standard InChI is InChI=1S/C19H24N6/c1-20-15-4-7-18-17(12-15)19(23-13-22-18)24-14-2-5-16(6-3-14)25-10-8-21-9-11-25/h4,7,12-14,16,21H,2-3,5-6,8-11H2,(H,22,23,24). The third-order valence-corrected chi connectivity index (χ3v) is 5.45. The van der Waals surface area contributed by atoms with Gasteiger partial charge in [0.25, 0.3) is 0 Å². The maximum Gasteiger partial charge on any atom is 0.188 e. The van der Waals surface area contributed by atoms with E-state index < -0.39 is 0 Å². The summed E-state index contributed by atoms with van der Waals surface area (Å²) in [4.78, 5) is 14.9. The summed E-state index contributed by atoms with van der Waals surface area (Å²) in [5, 5.41) is 7.99. The van der Waals surface area contributed by atoms with Crippen LogP contribution in [0.2, 0.25) is 0 Å². The summed E-state index contributed by atoms with van der Waals surface area (Å²) in [6, 6.07) is 6.78. The average Bonchev–Trinajstić information content (AvgIpc) is 2.69. The zero-order valence-electron chi connectivity index (χ0n) is 14.4. The Kier molecular flexibility index (Phi) is 4.77. The van der Waals surface area contributed by atoms with E-state index in [4.69, 9.17) is 6.57 Å². The zero-order valence-corrected chi connectivity index (χ0v) is 14.4. The van der Waals surface area contributed by atoms with Crippen LogP contribution in [0.5, 0.6) is 0 Å². The van der Waals surface area contributed by atoms with Crippen LogP contribution >= 0.6 is 0 Å². The largest absolute Gasteiger partial charge is 0.367 e. The van der Waals surface area contributed by atoms with Gasteiger partial charge in [0.2, 0.25) is 0 Å². The summed E-state index contributed by atoms with van der Waals surface area (Å²) in [7, 11) is 0. The molecule has 0 bridgehead atoms. The van der Waals surface area contributed by atoms with Crippen molar-refractivity contribution in [1.29, 1.82) is 0 Å². The van der Waals surface area contributed by atoms with E-state index in [9.17, 15) is 0 Å². The van der Waals surface area contributed by atoms with Crippen LogP contribution in [0.1, 0.15) is 25.7 Å². The van der Waals surface area contributed by atoms with Gasteiger partial charge in [-0.2, -0.15) is 0 Å². The Bertz CT molecular complexity index is 769. The summed E-state index contributed by atoms with van der Waals surface area (Å²) < 4.78 is 0. The molecule has 1 aromatic carbocycles. The molecule has 1 aliphatic heterocycles. The first-order valence-corrected chi connectivity index (χ1v) is 9.17. The highest BCUT2D eigenvalue weighted by Crippen LogP contribution is 2.29. The maximum atomic E-state index is 7.22. The van der Waals surface area contributed by atoms with E-state index in [1.165, 1.54) is 38.8 Å². The van der Waals surface area contributed by atoms with Crippen molar-refractivity contribution in [1.82, 2.24) is 20.2 Å². The van der Waals surface area contributed by atoms with Gasteiger partial charge in [0.05, 0.1) is 12.1 Å². The molecule has 0 unspecified atom stereocenters. The maximum absolute atomic E-state index is 7.22. The highest BCUT2D eigenvalue weighted by atomic mass is 15.2. The number of aromatic nitrogens is 2. The summed E-state index contributed by atoms with van der Waals surface area (Å²) >= 11 is 0. The van der Waals surface area contributed by atoms with E-state index in [2.05, 4.69) is 30.3 Å². The molecule has 2 fully saturated rings. The first kappa shape index (κ1) is 16.2. The van der Waals surface area contributed by atoms with Crippen LogP contribution in [0.3, 0.4) is 0 Å². The molecular weight excluding hydrogens is 312 g/mol. The number of nitrogens with zero attached hydrogens (tertiary/aromatic N) is 4. The second-order valence-corrected chi connectivity index (χ2v) is 6.97. The molecule has 0 atom stereocenters. The normalized spacial score (nSPS) is 24.8. The van der Waals surface area contributed by atoms with Crippen molar-refractivity contribution in [3.05, 3.63) is 35.9 Å². The topological polar surface area (TPSA) is 57.4 Å². The fraction of sp³-hybridized carbons (Fsp3) is 0.526. The lowest BCUT2D eigenvalue weighted by Crippen LogP contribution is -2.50. The number of fused-ring (bicyclic) bond motifs is 1. The number of nitrogens with one attached hydrogen (secondary N) is 2. The summed E-state index contributed by atoms with van der Waals surface area (Å²) in [6.07, 6.45) is 6.43. The minimum Gasteiger partial charge on any atom is -0.367 e. The van der Waals surface area contributed by atoms with Gasteiger partial charge < -0.3 is 10.6 Å². The van der Waals surface area contributed by atoms with Gasteiger partial charge in [0.1, 0.15) is 12.1 Å². The number of hydrogen-bond donors (Lipinski definition) is 2. The molecule has 1 aliphatic carbocycles. The smallest absolute Gasteiger partial charge is 0.188 e. The number of piperazine rings is 1. The lowest BCUT2D eigenvalue weighted by atomic mass is 9.89. The Labute approximate surface area is 148 Å². The molecule has 0 spiro atoms. The molecule has 1 saturated heterocycles. The Morgan fingerprint density at radius 1 is 1.12 bits per heavy atom. The molecule has 2 aliphatic rings. The summed E-state index contributed by atoms with van der Waals surface area (Å²) in [6.45, 7) is 11.8. The van der Waals surface area contributed by atoms with Crippen molar-refractivity contribution < 1.29 is 0 Å². The monoisotopic (exact) mass is 336 g/mol. The van der Waals surface area contributed by atoms with Crippen molar-refractivity contribution in [3.8, 4) is 0 Å². The molecule has 130 valence electrons. The fourth-order valence-electron chi connectivity index (χ4n) is 4.06. The van der Waals surface area contributed by atoms with Crippen LogP contribution in [-0.2, 0) is 0 Å². The third-order valence-electron chi connectivity index (χ3n) is 5.45. The predicted molar refractivity (Wildman–Crippen MR) is 99.9 cm³/mol. The Hall–Kier alpha value is -2.23. The van der Waals surface area contributed by atoms with Crippen LogP contribution in [0, 0.1) is 6.57 Å². The molecule has 6 heteroatoms. The van der Waals surface area contributed by atoms with Gasteiger partial charge in [-0.3, -0.25) is 4.90 Å². The molecule has 1 saturated carbocycles. The Morgan fingerprint density at radius 2 is 1.92 bits per heavy atom. The van der Waals surface area contributed by atoms with Crippen LogP contribution in [-0.4, -0.2) is 53.1 Å². The molecule has 2 heterocycles. The van der Waals surface area contributed by atoms with Crippen molar-refractivity contribution in [2.45, 2.75) is 37.8 Å². The molecule has 1 aromatic heterocycles. The lowest BCUT2D eigenvalue weighted by Gasteiger charge is -2.39. The molecule has 2 aromatic rings. The van der Waals surface area contributed by atoms with Gasteiger partial charge in [-0.25, -0.2) is 14.8 Å². The van der Waals surface area contributed by atoms with Crippen LogP contribution in [0.4, 0.5) is 11.5 Å². The SMILES string of the molecule is [C-]#[N+]c1ccc2ncnc(NC3CCC(N4CCNCC4)CC3)c2c1. The van der Waals surface area contributed by atoms with Gasteiger partial charge in [-0.1, -0.05) is 6.07 Å². The highest BCUT2D eigenvalue weighted by molar-refractivity contribution is 5.91. The number of hydrogen-bond acceptors (Lipinski definition) is 5. The van der Waals surface area contributed by atoms with Crippen molar-refractivity contribution in [2.24, 2.45) is 0 Å². The fourth-order valence-corrected chi connectivity index (χ4v) is 4.06. The molecule has 0 radical (unpaired) electrons. The van der Waals surface area contributed by atoms with Crippen molar-refractivity contribution >= 4 is 22.4 Å². The van der Waals surface area contributed by atoms with Crippen molar-refractivity contribution in [3.63, 3.8) is 0 Å². The summed E-state index contributed by atoms with van der Waals surface area (Å²) in [5.41, 5.74) is 1.52. The van der Waals surface area contributed by atoms with E-state index in [1.54, 1.807) is 6.33 Å². The van der Waals surface area contributed by atoms with E-state index in [1.807, 2.05) is 18.2 Å². The summed E-state index contributed by atoms with van der Waals surface area (Å²) in [5.74, 6) is 0.862. The molecule has 6 nitrogen and oxygen atoms in total. The van der Waals surface area contributed by atoms with E-state index in [0.29, 0.717) is 11.7 Å². The number of anilines is 1. The van der Waals surface area contributed by atoms with Crippen LogP contribution in [0.15, 0.2) is 24.5 Å².